The molecule has 2 fully saturated rings. The summed E-state index contributed by atoms with van der Waals surface area (Å²) < 4.78 is 8.06. The molecule has 2 aromatic rings. The summed E-state index contributed by atoms with van der Waals surface area (Å²) in [4.78, 5) is 18.5. The molecule has 2 aromatic heterocycles. The zero-order valence-corrected chi connectivity index (χ0v) is 13.8. The van der Waals surface area contributed by atoms with Crippen molar-refractivity contribution in [2.45, 2.75) is 17.3 Å². The number of nitrogens with zero attached hydrogens (tertiary/aromatic N) is 3. The summed E-state index contributed by atoms with van der Waals surface area (Å²) in [6, 6.07) is 7.61. The number of hydrogen-bond acceptors (Lipinski definition) is 4. The molecule has 1 unspecified atom stereocenters. The van der Waals surface area contributed by atoms with Gasteiger partial charge in [0.15, 0.2) is 0 Å². The van der Waals surface area contributed by atoms with Crippen LogP contribution in [0.1, 0.15) is 16.9 Å². The van der Waals surface area contributed by atoms with E-state index in [2.05, 4.69) is 4.98 Å². The van der Waals surface area contributed by atoms with Crippen molar-refractivity contribution < 1.29 is 9.53 Å². The second kappa shape index (κ2) is 5.60. The molecule has 0 N–H and O–H groups in total. The molecular formula is C17H19N3O2S. The van der Waals surface area contributed by atoms with Crippen molar-refractivity contribution in [3.05, 3.63) is 48.5 Å². The van der Waals surface area contributed by atoms with Gasteiger partial charge in [-0.2, -0.15) is 0 Å². The average molecular weight is 329 g/mol. The maximum atomic E-state index is 12.5. The van der Waals surface area contributed by atoms with E-state index in [0.29, 0.717) is 0 Å². The molecule has 4 rings (SSSR count). The fourth-order valence-electron chi connectivity index (χ4n) is 3.35. The van der Waals surface area contributed by atoms with Crippen LogP contribution in [0.4, 0.5) is 0 Å². The fourth-order valence-corrected chi connectivity index (χ4v) is 4.87. The Morgan fingerprint density at radius 3 is 2.96 bits per heavy atom. The zero-order chi connectivity index (χ0) is 15.9. The molecule has 1 spiro atoms. The zero-order valence-electron chi connectivity index (χ0n) is 13.0. The Bertz CT molecular complexity index is 710. The molecule has 0 aromatic carbocycles. The highest BCUT2D eigenvalue weighted by atomic mass is 32.2. The van der Waals surface area contributed by atoms with Gasteiger partial charge in [-0.05, 0) is 24.3 Å². The van der Waals surface area contributed by atoms with E-state index in [1.54, 1.807) is 12.4 Å². The molecule has 2 aliphatic rings. The number of rotatable bonds is 3. The van der Waals surface area contributed by atoms with Crippen molar-refractivity contribution in [2.24, 2.45) is 7.05 Å². The number of pyridine rings is 1. The maximum Gasteiger partial charge on any atom is 0.270 e. The first kappa shape index (κ1) is 14.6. The number of carbonyl (C=O) groups is 1. The second-order valence-electron chi connectivity index (χ2n) is 6.29. The number of aryl methyl sites for hydroxylation is 1. The Balaban J connectivity index is 1.35. The predicted octanol–water partition coefficient (Wildman–Crippen LogP) is 2.20. The van der Waals surface area contributed by atoms with Gasteiger partial charge in [-0.25, -0.2) is 0 Å². The minimum absolute atomic E-state index is 0.125. The summed E-state index contributed by atoms with van der Waals surface area (Å²) in [6.07, 6.45) is 6.60. The molecule has 0 radical (unpaired) electrons. The number of ether oxygens (including phenoxy) is 1. The maximum absolute atomic E-state index is 12.5. The van der Waals surface area contributed by atoms with E-state index in [0.717, 1.165) is 36.7 Å². The van der Waals surface area contributed by atoms with E-state index in [4.69, 9.17) is 4.74 Å². The summed E-state index contributed by atoms with van der Waals surface area (Å²) in [7, 11) is 1.91. The van der Waals surface area contributed by atoms with Crippen LogP contribution in [-0.4, -0.2) is 50.1 Å². The minimum atomic E-state index is 0.125. The van der Waals surface area contributed by atoms with Gasteiger partial charge < -0.3 is 14.2 Å². The van der Waals surface area contributed by atoms with Gasteiger partial charge in [-0.3, -0.25) is 9.78 Å². The van der Waals surface area contributed by atoms with Crippen LogP contribution in [-0.2, 0) is 7.05 Å². The highest BCUT2D eigenvalue weighted by Crippen LogP contribution is 2.46. The first-order valence-electron chi connectivity index (χ1n) is 7.76. The third-order valence-corrected chi connectivity index (χ3v) is 6.10. The molecule has 4 heterocycles. The van der Waals surface area contributed by atoms with Gasteiger partial charge in [-0.15, -0.1) is 11.8 Å². The molecule has 0 bridgehead atoms. The summed E-state index contributed by atoms with van der Waals surface area (Å²) in [5.74, 6) is 1.92. The van der Waals surface area contributed by atoms with Crippen molar-refractivity contribution >= 4 is 17.7 Å². The first-order chi connectivity index (χ1) is 11.2. The summed E-state index contributed by atoms with van der Waals surface area (Å²) >= 11 is 1.94. The quantitative estimate of drug-likeness (QED) is 0.866. The minimum Gasteiger partial charge on any atom is -0.488 e. The van der Waals surface area contributed by atoms with E-state index in [-0.39, 0.29) is 16.8 Å². The van der Waals surface area contributed by atoms with Crippen LogP contribution in [0.15, 0.2) is 42.9 Å². The molecule has 5 nitrogen and oxygen atoms in total. The molecule has 23 heavy (non-hydrogen) atoms. The third-order valence-electron chi connectivity index (χ3n) is 4.52. The normalized spacial score (nSPS) is 22.1. The van der Waals surface area contributed by atoms with Crippen molar-refractivity contribution in [1.82, 2.24) is 14.5 Å². The van der Waals surface area contributed by atoms with Gasteiger partial charge in [-0.1, -0.05) is 0 Å². The number of thioether (sulfide) groups is 1. The Hall–Kier alpha value is -1.95. The highest BCUT2D eigenvalue weighted by Gasteiger charge is 2.51. The Labute approximate surface area is 139 Å². The summed E-state index contributed by atoms with van der Waals surface area (Å²) in [6.45, 7) is 1.63. The number of hydrogen-bond donors (Lipinski definition) is 0. The molecule has 6 heteroatoms. The van der Waals surface area contributed by atoms with Crippen LogP contribution in [0.25, 0.3) is 0 Å². The number of amides is 1. The fraction of sp³-hybridized carbons (Fsp3) is 0.412. The third kappa shape index (κ3) is 2.72. The van der Waals surface area contributed by atoms with Gasteiger partial charge in [0.1, 0.15) is 17.5 Å². The highest BCUT2D eigenvalue weighted by molar-refractivity contribution is 8.01. The van der Waals surface area contributed by atoms with Crippen LogP contribution in [0.3, 0.4) is 0 Å². The molecular weight excluding hydrogens is 310 g/mol. The van der Waals surface area contributed by atoms with Crippen LogP contribution >= 0.6 is 11.8 Å². The molecule has 1 amide bonds. The van der Waals surface area contributed by atoms with Crippen molar-refractivity contribution in [1.29, 1.82) is 0 Å². The monoisotopic (exact) mass is 329 g/mol. The second-order valence-corrected chi connectivity index (χ2v) is 7.78. The Morgan fingerprint density at radius 2 is 2.26 bits per heavy atom. The van der Waals surface area contributed by atoms with Gasteiger partial charge in [0.2, 0.25) is 0 Å². The lowest BCUT2D eigenvalue weighted by atomic mass is 9.92. The van der Waals surface area contributed by atoms with Crippen LogP contribution in [0.2, 0.25) is 0 Å². The lowest BCUT2D eigenvalue weighted by Crippen LogP contribution is -2.61. The summed E-state index contributed by atoms with van der Waals surface area (Å²) in [5.41, 5.74) is 0.756. The average Bonchev–Trinajstić information content (AvgIpc) is 3.13. The molecule has 1 atom stereocenters. The van der Waals surface area contributed by atoms with Gasteiger partial charge in [0, 0.05) is 44.7 Å². The number of aromatic nitrogens is 2. The summed E-state index contributed by atoms with van der Waals surface area (Å²) in [5, 5.41) is 0. The predicted molar refractivity (Wildman–Crippen MR) is 89.8 cm³/mol. The van der Waals surface area contributed by atoms with Crippen molar-refractivity contribution in [3.63, 3.8) is 0 Å². The number of carbonyl (C=O) groups excluding carboxylic acids is 1. The lowest BCUT2D eigenvalue weighted by Gasteiger charge is -2.47. The van der Waals surface area contributed by atoms with Crippen LogP contribution in [0, 0.1) is 0 Å². The van der Waals surface area contributed by atoms with Crippen LogP contribution < -0.4 is 4.74 Å². The van der Waals surface area contributed by atoms with E-state index >= 15 is 0 Å². The Kier molecular flexibility index (Phi) is 3.56. The topological polar surface area (TPSA) is 47.4 Å². The van der Waals surface area contributed by atoms with Crippen molar-refractivity contribution in [2.75, 3.05) is 18.8 Å². The van der Waals surface area contributed by atoms with Crippen LogP contribution in [0.5, 0.6) is 5.75 Å². The Morgan fingerprint density at radius 1 is 1.39 bits per heavy atom. The lowest BCUT2D eigenvalue weighted by molar-refractivity contribution is 0.0508. The smallest absolute Gasteiger partial charge is 0.270 e. The van der Waals surface area contributed by atoms with E-state index in [9.17, 15) is 4.79 Å². The van der Waals surface area contributed by atoms with Gasteiger partial charge >= 0.3 is 0 Å². The SMILES string of the molecule is Cn1cccc1C(=O)N1CC2(CC(Oc3cccnc3)CS2)C1. The molecule has 120 valence electrons. The molecule has 0 saturated carbocycles. The molecule has 2 saturated heterocycles. The standard InChI is InChI=1S/C17H19N3O2S/c1-19-7-3-5-15(19)16(21)20-11-17(12-20)8-14(10-23-17)22-13-4-2-6-18-9-13/h2-7,9,14H,8,10-12H2,1H3. The van der Waals surface area contributed by atoms with E-state index in [1.165, 1.54) is 0 Å². The van der Waals surface area contributed by atoms with E-state index < -0.39 is 0 Å². The number of likely N-dealkylation sites (tertiary alicyclic amines) is 1. The first-order valence-corrected chi connectivity index (χ1v) is 8.75. The van der Waals surface area contributed by atoms with Gasteiger partial charge in [0.05, 0.1) is 10.9 Å². The largest absolute Gasteiger partial charge is 0.488 e. The molecule has 2 aliphatic heterocycles. The van der Waals surface area contributed by atoms with E-state index in [1.807, 2.05) is 58.7 Å². The molecule has 0 aliphatic carbocycles. The van der Waals surface area contributed by atoms with Gasteiger partial charge in [0.25, 0.3) is 5.91 Å². The van der Waals surface area contributed by atoms with Crippen molar-refractivity contribution in [3.8, 4) is 5.75 Å².